The maximum absolute atomic E-state index is 9.77. The Kier molecular flexibility index (Phi) is 5.24. The molecule has 0 aromatic carbocycles. The number of hydrogen-bond acceptors (Lipinski definition) is 4. The van der Waals surface area contributed by atoms with Crippen molar-refractivity contribution in [2.45, 2.75) is 31.9 Å². The third-order valence-electron chi connectivity index (χ3n) is 3.06. The molecule has 0 aliphatic heterocycles. The van der Waals surface area contributed by atoms with Crippen LogP contribution in [0.3, 0.4) is 0 Å². The SMILES string of the molecule is CC(NCC(O)COCC1CC1)c1occc1Br. The lowest BCUT2D eigenvalue weighted by atomic mass is 10.2. The van der Waals surface area contributed by atoms with E-state index in [1.165, 1.54) is 12.8 Å². The van der Waals surface area contributed by atoms with Crippen molar-refractivity contribution in [3.8, 4) is 0 Å². The normalized spacial score (nSPS) is 18.8. The van der Waals surface area contributed by atoms with Gasteiger partial charge in [0.2, 0.25) is 0 Å². The van der Waals surface area contributed by atoms with Crippen LogP contribution in [0.2, 0.25) is 0 Å². The van der Waals surface area contributed by atoms with Gasteiger partial charge in [-0.05, 0) is 47.7 Å². The van der Waals surface area contributed by atoms with E-state index < -0.39 is 6.10 Å². The van der Waals surface area contributed by atoms with Gasteiger partial charge in [-0.15, -0.1) is 0 Å². The summed E-state index contributed by atoms with van der Waals surface area (Å²) >= 11 is 3.42. The van der Waals surface area contributed by atoms with Crippen LogP contribution >= 0.6 is 15.9 Å². The van der Waals surface area contributed by atoms with Crippen LogP contribution in [0.4, 0.5) is 0 Å². The summed E-state index contributed by atoms with van der Waals surface area (Å²) in [7, 11) is 0. The second kappa shape index (κ2) is 6.70. The Morgan fingerprint density at radius 3 is 3.00 bits per heavy atom. The molecule has 2 rings (SSSR count). The number of aliphatic hydroxyl groups excluding tert-OH is 1. The van der Waals surface area contributed by atoms with E-state index in [0.29, 0.717) is 13.2 Å². The van der Waals surface area contributed by atoms with Crippen LogP contribution in [0.15, 0.2) is 21.2 Å². The minimum Gasteiger partial charge on any atom is -0.466 e. The highest BCUT2D eigenvalue weighted by Gasteiger charge is 2.21. The molecule has 1 aromatic heterocycles. The van der Waals surface area contributed by atoms with Gasteiger partial charge in [-0.1, -0.05) is 0 Å². The molecule has 18 heavy (non-hydrogen) atoms. The number of aliphatic hydroxyl groups is 1. The molecular weight excluding hydrogens is 298 g/mol. The summed E-state index contributed by atoms with van der Waals surface area (Å²) in [6, 6.07) is 1.93. The summed E-state index contributed by atoms with van der Waals surface area (Å²) < 4.78 is 11.7. The van der Waals surface area contributed by atoms with Gasteiger partial charge in [0.05, 0.1) is 29.5 Å². The molecule has 1 aliphatic rings. The number of nitrogens with one attached hydrogen (secondary N) is 1. The molecule has 0 radical (unpaired) electrons. The summed E-state index contributed by atoms with van der Waals surface area (Å²) in [5.74, 6) is 1.59. The van der Waals surface area contributed by atoms with Crippen LogP contribution in [-0.4, -0.2) is 31.0 Å². The van der Waals surface area contributed by atoms with Crippen LogP contribution in [0.1, 0.15) is 31.6 Å². The Bertz CT molecular complexity index is 365. The highest BCUT2D eigenvalue weighted by Crippen LogP contribution is 2.28. The van der Waals surface area contributed by atoms with E-state index in [1.807, 2.05) is 13.0 Å². The molecule has 1 aromatic rings. The largest absolute Gasteiger partial charge is 0.466 e. The first-order valence-electron chi connectivity index (χ1n) is 6.39. The minimum atomic E-state index is -0.472. The minimum absolute atomic E-state index is 0.0625. The lowest BCUT2D eigenvalue weighted by Crippen LogP contribution is -2.32. The molecule has 0 amide bonds. The van der Waals surface area contributed by atoms with E-state index in [0.717, 1.165) is 22.8 Å². The predicted octanol–water partition coefficient (Wildman–Crippen LogP) is 2.48. The Labute approximate surface area is 116 Å². The standard InChI is InChI=1S/C13H20BrNO3/c1-9(13-12(14)4-5-18-13)15-6-11(16)8-17-7-10-2-3-10/h4-5,9-11,15-16H,2-3,6-8H2,1H3. The smallest absolute Gasteiger partial charge is 0.134 e. The molecule has 2 atom stereocenters. The molecule has 5 heteroatoms. The molecule has 2 unspecified atom stereocenters. The van der Waals surface area contributed by atoms with Crippen molar-refractivity contribution in [3.63, 3.8) is 0 Å². The van der Waals surface area contributed by atoms with Crippen molar-refractivity contribution >= 4 is 15.9 Å². The predicted molar refractivity (Wildman–Crippen MR) is 72.4 cm³/mol. The van der Waals surface area contributed by atoms with Crippen molar-refractivity contribution < 1.29 is 14.3 Å². The zero-order chi connectivity index (χ0) is 13.0. The number of ether oxygens (including phenoxy) is 1. The van der Waals surface area contributed by atoms with Crippen LogP contribution in [-0.2, 0) is 4.74 Å². The Balaban J connectivity index is 1.62. The van der Waals surface area contributed by atoms with Crippen molar-refractivity contribution in [3.05, 3.63) is 22.6 Å². The lowest BCUT2D eigenvalue weighted by molar-refractivity contribution is 0.0312. The summed E-state index contributed by atoms with van der Waals surface area (Å²) in [4.78, 5) is 0. The van der Waals surface area contributed by atoms with E-state index >= 15 is 0 Å². The van der Waals surface area contributed by atoms with Gasteiger partial charge in [-0.3, -0.25) is 0 Å². The first kappa shape index (κ1) is 14.1. The second-order valence-corrected chi connectivity index (χ2v) is 5.75. The Morgan fingerprint density at radius 2 is 2.39 bits per heavy atom. The van der Waals surface area contributed by atoms with Crippen molar-refractivity contribution in [2.24, 2.45) is 5.92 Å². The maximum atomic E-state index is 9.77. The number of halogens is 1. The van der Waals surface area contributed by atoms with E-state index in [1.54, 1.807) is 6.26 Å². The maximum Gasteiger partial charge on any atom is 0.134 e. The third kappa shape index (κ3) is 4.39. The lowest BCUT2D eigenvalue weighted by Gasteiger charge is -2.16. The molecule has 2 N–H and O–H groups in total. The van der Waals surface area contributed by atoms with Gasteiger partial charge >= 0.3 is 0 Å². The van der Waals surface area contributed by atoms with E-state index in [4.69, 9.17) is 9.15 Å². The average molecular weight is 318 g/mol. The Morgan fingerprint density at radius 1 is 1.61 bits per heavy atom. The fourth-order valence-corrected chi connectivity index (χ4v) is 2.28. The van der Waals surface area contributed by atoms with E-state index in [-0.39, 0.29) is 6.04 Å². The monoisotopic (exact) mass is 317 g/mol. The molecular formula is C13H20BrNO3. The van der Waals surface area contributed by atoms with Gasteiger partial charge in [0.25, 0.3) is 0 Å². The molecule has 0 spiro atoms. The molecule has 1 fully saturated rings. The topological polar surface area (TPSA) is 54.6 Å². The summed E-state index contributed by atoms with van der Waals surface area (Å²) in [6.07, 6.45) is 3.72. The van der Waals surface area contributed by atoms with Gasteiger partial charge in [-0.2, -0.15) is 0 Å². The summed E-state index contributed by atoms with van der Waals surface area (Å²) in [5, 5.41) is 13.0. The van der Waals surface area contributed by atoms with Crippen molar-refractivity contribution in [2.75, 3.05) is 19.8 Å². The molecule has 4 nitrogen and oxygen atoms in total. The fraction of sp³-hybridized carbons (Fsp3) is 0.692. The highest BCUT2D eigenvalue weighted by molar-refractivity contribution is 9.10. The zero-order valence-corrected chi connectivity index (χ0v) is 12.1. The number of hydrogen-bond donors (Lipinski definition) is 2. The third-order valence-corrected chi connectivity index (χ3v) is 3.71. The number of rotatable bonds is 8. The first-order valence-corrected chi connectivity index (χ1v) is 7.18. The van der Waals surface area contributed by atoms with Gasteiger partial charge in [0, 0.05) is 13.2 Å². The van der Waals surface area contributed by atoms with Crippen LogP contribution < -0.4 is 5.32 Å². The molecule has 1 heterocycles. The second-order valence-electron chi connectivity index (χ2n) is 4.90. The Hall–Kier alpha value is -0.360. The quantitative estimate of drug-likeness (QED) is 0.773. The van der Waals surface area contributed by atoms with Crippen LogP contribution in [0.25, 0.3) is 0 Å². The van der Waals surface area contributed by atoms with Crippen LogP contribution in [0, 0.1) is 5.92 Å². The highest BCUT2D eigenvalue weighted by atomic mass is 79.9. The van der Waals surface area contributed by atoms with Gasteiger partial charge in [0.15, 0.2) is 0 Å². The summed E-state index contributed by atoms with van der Waals surface area (Å²) in [6.45, 7) is 3.69. The van der Waals surface area contributed by atoms with Gasteiger partial charge < -0.3 is 19.6 Å². The van der Waals surface area contributed by atoms with Gasteiger partial charge in [-0.25, -0.2) is 0 Å². The van der Waals surface area contributed by atoms with Crippen LogP contribution in [0.5, 0.6) is 0 Å². The molecule has 0 saturated heterocycles. The van der Waals surface area contributed by atoms with Gasteiger partial charge in [0.1, 0.15) is 5.76 Å². The molecule has 1 aliphatic carbocycles. The summed E-state index contributed by atoms with van der Waals surface area (Å²) in [5.41, 5.74) is 0. The molecule has 102 valence electrons. The fourth-order valence-electron chi connectivity index (χ4n) is 1.73. The van der Waals surface area contributed by atoms with Crippen molar-refractivity contribution in [1.29, 1.82) is 0 Å². The zero-order valence-electron chi connectivity index (χ0n) is 10.6. The van der Waals surface area contributed by atoms with E-state index in [9.17, 15) is 5.11 Å². The van der Waals surface area contributed by atoms with E-state index in [2.05, 4.69) is 21.2 Å². The first-order chi connectivity index (χ1) is 8.66. The average Bonchev–Trinajstić information content (AvgIpc) is 3.07. The number of furan rings is 1. The molecule has 1 saturated carbocycles. The van der Waals surface area contributed by atoms with Crippen molar-refractivity contribution in [1.82, 2.24) is 5.32 Å². The molecule has 0 bridgehead atoms.